The lowest BCUT2D eigenvalue weighted by Crippen LogP contribution is -2.04. The fraction of sp³-hybridized carbons (Fsp3) is 0.125. The van der Waals surface area contributed by atoms with Crippen molar-refractivity contribution in [3.05, 3.63) is 82.9 Å². The summed E-state index contributed by atoms with van der Waals surface area (Å²) < 4.78 is 133. The van der Waals surface area contributed by atoms with E-state index in [9.17, 15) is 57.0 Å². The second-order valence-electron chi connectivity index (χ2n) is 12.2. The van der Waals surface area contributed by atoms with Crippen LogP contribution in [0.1, 0.15) is 22.3 Å². The normalized spacial score (nSPS) is 13.1. The molecule has 0 aliphatic heterocycles. The maximum Gasteiger partial charge on any atom is 0.296 e. The molecule has 0 heterocycles. The number of azo groups is 3. The molecule has 5 aromatic carbocycles. The van der Waals surface area contributed by atoms with E-state index in [0.717, 1.165) is 36.4 Å². The van der Waals surface area contributed by atoms with Gasteiger partial charge in [0.15, 0.2) is 5.75 Å². The first-order chi connectivity index (χ1) is 25.8. The number of nitrogen functional groups attached to an aromatic ring is 1. The second-order valence-corrected chi connectivity index (χ2v) is 17.8. The van der Waals surface area contributed by atoms with Gasteiger partial charge in [-0.3, -0.25) is 18.2 Å². The van der Waals surface area contributed by atoms with Crippen LogP contribution in [0.25, 0.3) is 10.8 Å². The molecule has 5 rings (SSSR count). The molecule has 0 amide bonds. The molecular weight excluding hydrogens is 819 g/mol. The SMILES string of the molecule is Cc1cc(N=Nc2cc(S(=O)(=O)O)ccc2S(=O)(=O)O)c(C)cc1N=Nc1cc(C)c(N=Nc2c(S(=O)(=O)O)cc3cc(S(=O)(=O)O)c(N)cc3c2O)cc1C. The number of rotatable bonds is 10. The zero-order chi connectivity index (χ0) is 41.7. The molecule has 0 radical (unpaired) electrons. The first kappa shape index (κ1) is 41.6. The lowest BCUT2D eigenvalue weighted by Gasteiger charge is -2.11. The summed E-state index contributed by atoms with van der Waals surface area (Å²) in [7, 11) is -19.5. The van der Waals surface area contributed by atoms with Gasteiger partial charge in [-0.05, 0) is 116 Å². The monoisotopic (exact) mass is 847 g/mol. The van der Waals surface area contributed by atoms with E-state index >= 15 is 0 Å². The lowest BCUT2D eigenvalue weighted by molar-refractivity contribution is 0.472. The summed E-state index contributed by atoms with van der Waals surface area (Å²) in [6, 6.07) is 11.2. The van der Waals surface area contributed by atoms with Crippen LogP contribution >= 0.6 is 0 Å². The van der Waals surface area contributed by atoms with Crippen molar-refractivity contribution in [3.63, 3.8) is 0 Å². The third-order valence-corrected chi connectivity index (χ3v) is 11.6. The summed E-state index contributed by atoms with van der Waals surface area (Å²) in [6.07, 6.45) is 0. The quantitative estimate of drug-likeness (QED) is 0.0448. The number of hydrogen-bond donors (Lipinski definition) is 6. The predicted octanol–water partition coefficient (Wildman–Crippen LogP) is 7.59. The van der Waals surface area contributed by atoms with E-state index in [2.05, 4.69) is 30.7 Å². The van der Waals surface area contributed by atoms with Crippen LogP contribution in [-0.4, -0.2) is 57.0 Å². The summed E-state index contributed by atoms with van der Waals surface area (Å²) in [6.45, 7) is 6.59. The van der Waals surface area contributed by atoms with Gasteiger partial charge in [-0.25, -0.2) is 0 Å². The Labute approximate surface area is 319 Å². The van der Waals surface area contributed by atoms with E-state index in [0.29, 0.717) is 33.6 Å². The smallest absolute Gasteiger partial charge is 0.296 e. The number of fused-ring (bicyclic) bond motifs is 1. The van der Waals surface area contributed by atoms with E-state index in [1.54, 1.807) is 45.9 Å². The van der Waals surface area contributed by atoms with Gasteiger partial charge in [0, 0.05) is 5.39 Å². The van der Waals surface area contributed by atoms with E-state index in [-0.39, 0.29) is 22.1 Å². The summed E-state index contributed by atoms with van der Waals surface area (Å²) in [4.78, 5) is -3.08. The van der Waals surface area contributed by atoms with Gasteiger partial charge < -0.3 is 10.8 Å². The second kappa shape index (κ2) is 14.8. The molecule has 0 aromatic heterocycles. The molecule has 0 aliphatic rings. The third-order valence-electron chi connectivity index (χ3n) is 8.06. The number of phenols is 1. The average Bonchev–Trinajstić information content (AvgIpc) is 3.07. The van der Waals surface area contributed by atoms with Crippen LogP contribution in [0.15, 0.2) is 111 Å². The Bertz CT molecular complexity index is 3040. The number of aryl methyl sites for hydroxylation is 4. The van der Waals surface area contributed by atoms with Crippen molar-refractivity contribution in [1.82, 2.24) is 0 Å². The summed E-state index contributed by atoms with van der Waals surface area (Å²) >= 11 is 0. The Hall–Kier alpha value is -5.60. The fourth-order valence-corrected chi connectivity index (χ4v) is 7.58. The molecule has 0 saturated heterocycles. The fourth-order valence-electron chi connectivity index (χ4n) is 5.18. The van der Waals surface area contributed by atoms with Gasteiger partial charge in [-0.15, -0.1) is 10.2 Å². The highest BCUT2D eigenvalue weighted by atomic mass is 32.2. The van der Waals surface area contributed by atoms with Crippen molar-refractivity contribution in [2.24, 2.45) is 30.7 Å². The standard InChI is InChI=1S/C32H29N7O13S4/c1-15-8-25(36-38-27-13-20(53(41,42)43)5-6-28(27)54(44,45)46)16(2)7-23(15)34-35-24-9-18(4)26(10-17(24)3)37-39-31-30(56(50,51)52)12-19-11-29(55(47,48)49)22(33)14-21(19)32(31)40/h5-14,40H,33H2,1-4H3,(H,41,42,43)(H,44,45,46)(H,47,48,49)(H,50,51,52). The van der Waals surface area contributed by atoms with Gasteiger partial charge in [0.1, 0.15) is 26.1 Å². The molecule has 5 aromatic rings. The minimum atomic E-state index is -5.06. The van der Waals surface area contributed by atoms with Crippen LogP contribution in [0.3, 0.4) is 0 Å². The molecule has 0 spiro atoms. The largest absolute Gasteiger partial charge is 0.505 e. The van der Waals surface area contributed by atoms with Gasteiger partial charge in [-0.2, -0.15) is 54.1 Å². The van der Waals surface area contributed by atoms with E-state index in [4.69, 9.17) is 5.73 Å². The molecule has 0 fully saturated rings. The molecule has 24 heteroatoms. The van der Waals surface area contributed by atoms with E-state index < -0.39 is 82.9 Å². The van der Waals surface area contributed by atoms with Crippen LogP contribution in [-0.2, 0) is 40.5 Å². The zero-order valence-corrected chi connectivity index (χ0v) is 32.4. The maximum absolute atomic E-state index is 12.3. The van der Waals surface area contributed by atoms with Crippen LogP contribution in [0.4, 0.5) is 39.8 Å². The molecule has 7 N–H and O–H groups in total. The van der Waals surface area contributed by atoms with Gasteiger partial charge in [0.25, 0.3) is 40.5 Å². The van der Waals surface area contributed by atoms with Crippen LogP contribution < -0.4 is 5.73 Å². The Morgan fingerprint density at radius 3 is 1.27 bits per heavy atom. The van der Waals surface area contributed by atoms with Gasteiger partial charge in [-0.1, -0.05) is 0 Å². The molecule has 0 bridgehead atoms. The Balaban J connectivity index is 1.46. The molecule has 294 valence electrons. The van der Waals surface area contributed by atoms with Crippen molar-refractivity contribution in [3.8, 4) is 5.75 Å². The molecule has 20 nitrogen and oxygen atoms in total. The average molecular weight is 848 g/mol. The van der Waals surface area contributed by atoms with Crippen molar-refractivity contribution in [2.45, 2.75) is 47.3 Å². The Morgan fingerprint density at radius 2 is 0.857 bits per heavy atom. The van der Waals surface area contributed by atoms with Gasteiger partial charge >= 0.3 is 0 Å². The highest BCUT2D eigenvalue weighted by Crippen LogP contribution is 2.44. The summed E-state index contributed by atoms with van der Waals surface area (Å²) in [5.41, 5.74) is 7.26. The summed E-state index contributed by atoms with van der Waals surface area (Å²) in [5.74, 6) is -0.806. The summed E-state index contributed by atoms with van der Waals surface area (Å²) in [5, 5.41) is 35.0. The molecular formula is C32H29N7O13S4. The zero-order valence-electron chi connectivity index (χ0n) is 29.2. The van der Waals surface area contributed by atoms with Crippen LogP contribution in [0.5, 0.6) is 5.75 Å². The highest BCUT2D eigenvalue weighted by molar-refractivity contribution is 7.86. The first-order valence-corrected chi connectivity index (χ1v) is 21.1. The molecule has 56 heavy (non-hydrogen) atoms. The predicted molar refractivity (Wildman–Crippen MR) is 200 cm³/mol. The minimum absolute atomic E-state index is 0.154. The van der Waals surface area contributed by atoms with Crippen molar-refractivity contribution < 1.29 is 57.0 Å². The Morgan fingerprint density at radius 1 is 0.464 bits per heavy atom. The number of benzene rings is 5. The first-order valence-electron chi connectivity index (χ1n) is 15.4. The van der Waals surface area contributed by atoms with Crippen molar-refractivity contribution >= 4 is 91.1 Å². The number of hydrogen-bond acceptors (Lipinski definition) is 16. The van der Waals surface area contributed by atoms with Gasteiger partial charge in [0.2, 0.25) is 0 Å². The molecule has 0 saturated carbocycles. The highest BCUT2D eigenvalue weighted by Gasteiger charge is 2.25. The van der Waals surface area contributed by atoms with Crippen LogP contribution in [0.2, 0.25) is 0 Å². The third kappa shape index (κ3) is 8.92. The van der Waals surface area contributed by atoms with Gasteiger partial charge in [0.05, 0.1) is 33.3 Å². The number of phenolic OH excluding ortho intramolecular Hbond substituents is 1. The molecule has 0 unspecified atom stereocenters. The van der Waals surface area contributed by atoms with Crippen LogP contribution in [0, 0.1) is 27.7 Å². The lowest BCUT2D eigenvalue weighted by atomic mass is 10.1. The van der Waals surface area contributed by atoms with Crippen molar-refractivity contribution in [1.29, 1.82) is 0 Å². The Kier molecular flexibility index (Phi) is 11.0. The molecule has 0 atom stereocenters. The topological polar surface area (TPSA) is 338 Å². The van der Waals surface area contributed by atoms with E-state index in [1.165, 1.54) is 6.07 Å². The van der Waals surface area contributed by atoms with E-state index in [1.807, 2.05) is 0 Å². The number of nitrogens with zero attached hydrogens (tertiary/aromatic N) is 6. The maximum atomic E-state index is 12.3. The number of nitrogens with two attached hydrogens (primary N) is 1. The van der Waals surface area contributed by atoms with Crippen molar-refractivity contribution in [2.75, 3.05) is 5.73 Å². The number of aromatic hydroxyl groups is 1. The number of anilines is 1. The molecule has 0 aliphatic carbocycles. The minimum Gasteiger partial charge on any atom is -0.505 e.